The number of carbonyl (C=O) groups is 1. The van der Waals surface area contributed by atoms with Crippen LogP contribution in [-0.2, 0) is 4.79 Å². The molecule has 3 N–H and O–H groups in total. The smallest absolute Gasteiger partial charge is 0.234 e. The third kappa shape index (κ3) is 3.45. The van der Waals surface area contributed by atoms with Gasteiger partial charge in [0.2, 0.25) is 5.91 Å². The van der Waals surface area contributed by atoms with Gasteiger partial charge in [0.15, 0.2) is 0 Å². The molecule has 5 nitrogen and oxygen atoms in total. The molecule has 1 aromatic carbocycles. The number of piperazine rings is 1. The Kier molecular flexibility index (Phi) is 4.39. The van der Waals surface area contributed by atoms with Gasteiger partial charge in [-0.1, -0.05) is 17.7 Å². The molecule has 1 fully saturated rings. The summed E-state index contributed by atoms with van der Waals surface area (Å²) in [5.41, 5.74) is 8.41. The predicted molar refractivity (Wildman–Crippen MR) is 74.1 cm³/mol. The van der Waals surface area contributed by atoms with Gasteiger partial charge in [0, 0.05) is 31.2 Å². The van der Waals surface area contributed by atoms with Gasteiger partial charge in [-0.3, -0.25) is 9.69 Å². The van der Waals surface area contributed by atoms with Crippen LogP contribution in [0, 0.1) is 6.92 Å². The molecule has 5 heteroatoms. The fourth-order valence-electron chi connectivity index (χ4n) is 2.37. The van der Waals surface area contributed by atoms with Crippen molar-refractivity contribution in [3.8, 4) is 5.75 Å². The largest absolute Gasteiger partial charge is 0.496 e. The number of methoxy groups -OCH3 is 1. The van der Waals surface area contributed by atoms with E-state index >= 15 is 0 Å². The number of aryl methyl sites for hydroxylation is 1. The minimum absolute atomic E-state index is 0.0645. The van der Waals surface area contributed by atoms with E-state index in [1.807, 2.05) is 25.1 Å². The Morgan fingerprint density at radius 3 is 3.00 bits per heavy atom. The molecule has 1 aliphatic rings. The van der Waals surface area contributed by atoms with Crippen LogP contribution in [0.2, 0.25) is 0 Å². The van der Waals surface area contributed by atoms with Gasteiger partial charge in [-0.15, -0.1) is 0 Å². The highest BCUT2D eigenvalue weighted by Gasteiger charge is 2.20. The molecule has 1 aromatic rings. The zero-order chi connectivity index (χ0) is 13.8. The van der Waals surface area contributed by atoms with Crippen LogP contribution in [-0.4, -0.2) is 44.1 Å². The molecule has 104 valence electrons. The summed E-state index contributed by atoms with van der Waals surface area (Å²) in [6.07, 6.45) is 0. The molecule has 0 bridgehead atoms. The van der Waals surface area contributed by atoms with E-state index in [2.05, 4.69) is 10.2 Å². The van der Waals surface area contributed by atoms with E-state index in [9.17, 15) is 4.79 Å². The van der Waals surface area contributed by atoms with Crippen molar-refractivity contribution in [1.29, 1.82) is 0 Å². The van der Waals surface area contributed by atoms with Crippen LogP contribution in [0.3, 0.4) is 0 Å². The number of nitrogens with zero attached hydrogens (tertiary/aromatic N) is 1. The number of hydrogen-bond acceptors (Lipinski definition) is 4. The molecule has 0 radical (unpaired) electrons. The molecule has 1 saturated heterocycles. The maximum atomic E-state index is 11.4. The highest BCUT2D eigenvalue weighted by atomic mass is 16.5. The van der Waals surface area contributed by atoms with Crippen molar-refractivity contribution in [2.75, 3.05) is 33.3 Å². The highest BCUT2D eigenvalue weighted by molar-refractivity contribution is 5.78. The van der Waals surface area contributed by atoms with Crippen LogP contribution in [0.25, 0.3) is 0 Å². The van der Waals surface area contributed by atoms with Gasteiger partial charge in [0.25, 0.3) is 0 Å². The quantitative estimate of drug-likeness (QED) is 0.827. The number of amides is 1. The summed E-state index contributed by atoms with van der Waals surface area (Å²) in [7, 11) is 1.65. The van der Waals surface area contributed by atoms with Crippen molar-refractivity contribution in [1.82, 2.24) is 10.2 Å². The lowest BCUT2D eigenvalue weighted by atomic mass is 10.0. The average molecular weight is 263 g/mol. The zero-order valence-electron chi connectivity index (χ0n) is 11.5. The normalized spacial score (nSPS) is 17.9. The van der Waals surface area contributed by atoms with Crippen molar-refractivity contribution in [2.24, 2.45) is 5.73 Å². The second-order valence-corrected chi connectivity index (χ2v) is 4.94. The fraction of sp³-hybridized carbons (Fsp3) is 0.500. The molecule has 1 amide bonds. The van der Waals surface area contributed by atoms with Gasteiger partial charge < -0.3 is 15.8 Å². The molecule has 19 heavy (non-hydrogen) atoms. The average Bonchev–Trinajstić information content (AvgIpc) is 2.38. The maximum absolute atomic E-state index is 11.4. The highest BCUT2D eigenvalue weighted by Crippen LogP contribution is 2.25. The van der Waals surface area contributed by atoms with Crippen LogP contribution in [0.15, 0.2) is 18.2 Å². The predicted octanol–water partition coefficient (Wildman–Crippen LogP) is 0.435. The Balaban J connectivity index is 2.08. The standard InChI is InChI=1S/C14H21N3O2/c1-10-3-4-13(19-2)11(7-10)12(15)8-17-6-5-16-14(18)9-17/h3-4,7,12H,5-6,8-9,15H2,1-2H3,(H,16,18). The summed E-state index contributed by atoms with van der Waals surface area (Å²) in [5.74, 6) is 0.870. The minimum atomic E-state index is -0.152. The van der Waals surface area contributed by atoms with E-state index in [1.54, 1.807) is 7.11 Å². The molecule has 0 saturated carbocycles. The number of ether oxygens (including phenoxy) is 1. The van der Waals surface area contributed by atoms with E-state index in [-0.39, 0.29) is 11.9 Å². The first-order chi connectivity index (χ1) is 9.10. The van der Waals surface area contributed by atoms with Crippen molar-refractivity contribution in [2.45, 2.75) is 13.0 Å². The molecule has 1 atom stereocenters. The monoisotopic (exact) mass is 263 g/mol. The van der Waals surface area contributed by atoms with Crippen molar-refractivity contribution in [3.63, 3.8) is 0 Å². The van der Waals surface area contributed by atoms with E-state index < -0.39 is 0 Å². The van der Waals surface area contributed by atoms with Gasteiger partial charge in [-0.2, -0.15) is 0 Å². The van der Waals surface area contributed by atoms with Crippen molar-refractivity contribution < 1.29 is 9.53 Å². The number of nitrogens with one attached hydrogen (secondary N) is 1. The Bertz CT molecular complexity index is 462. The molecule has 1 heterocycles. The third-order valence-corrected chi connectivity index (χ3v) is 3.36. The molecule has 0 aromatic heterocycles. The topological polar surface area (TPSA) is 67.6 Å². The second-order valence-electron chi connectivity index (χ2n) is 4.94. The summed E-state index contributed by atoms with van der Waals surface area (Å²) in [6, 6.07) is 5.84. The molecular formula is C14H21N3O2. The molecule has 2 rings (SSSR count). The van der Waals surface area contributed by atoms with Crippen LogP contribution < -0.4 is 15.8 Å². The fourth-order valence-corrected chi connectivity index (χ4v) is 2.37. The van der Waals surface area contributed by atoms with Gasteiger partial charge in [-0.05, 0) is 13.0 Å². The van der Waals surface area contributed by atoms with Crippen molar-refractivity contribution >= 4 is 5.91 Å². The molecule has 1 unspecified atom stereocenters. The Labute approximate surface area is 113 Å². The third-order valence-electron chi connectivity index (χ3n) is 3.36. The van der Waals surface area contributed by atoms with E-state index in [0.717, 1.165) is 23.4 Å². The van der Waals surface area contributed by atoms with Gasteiger partial charge in [0.1, 0.15) is 5.75 Å². The first-order valence-electron chi connectivity index (χ1n) is 6.49. The van der Waals surface area contributed by atoms with Gasteiger partial charge in [0.05, 0.1) is 13.7 Å². The molecular weight excluding hydrogens is 242 g/mol. The molecule has 0 spiro atoms. The van der Waals surface area contributed by atoms with Crippen LogP contribution in [0.4, 0.5) is 0 Å². The first kappa shape index (κ1) is 13.8. The Morgan fingerprint density at radius 1 is 1.53 bits per heavy atom. The lowest BCUT2D eigenvalue weighted by Gasteiger charge is -2.29. The van der Waals surface area contributed by atoms with Crippen molar-refractivity contribution in [3.05, 3.63) is 29.3 Å². The molecule has 0 aliphatic carbocycles. The van der Waals surface area contributed by atoms with E-state index in [0.29, 0.717) is 19.6 Å². The van der Waals surface area contributed by atoms with Crippen LogP contribution >= 0.6 is 0 Å². The summed E-state index contributed by atoms with van der Waals surface area (Å²) in [4.78, 5) is 13.4. The summed E-state index contributed by atoms with van der Waals surface area (Å²) >= 11 is 0. The Hall–Kier alpha value is -1.59. The van der Waals surface area contributed by atoms with Gasteiger partial charge in [-0.25, -0.2) is 0 Å². The lowest BCUT2D eigenvalue weighted by Crippen LogP contribution is -2.49. The second kappa shape index (κ2) is 6.04. The molecule has 1 aliphatic heterocycles. The van der Waals surface area contributed by atoms with Crippen LogP contribution in [0.1, 0.15) is 17.2 Å². The first-order valence-corrected chi connectivity index (χ1v) is 6.49. The van der Waals surface area contributed by atoms with E-state index in [1.165, 1.54) is 0 Å². The summed E-state index contributed by atoms with van der Waals surface area (Å²) in [5, 5.41) is 2.81. The lowest BCUT2D eigenvalue weighted by molar-refractivity contribution is -0.124. The number of nitrogens with two attached hydrogens (primary N) is 1. The number of hydrogen-bond donors (Lipinski definition) is 2. The zero-order valence-corrected chi connectivity index (χ0v) is 11.5. The Morgan fingerprint density at radius 2 is 2.32 bits per heavy atom. The van der Waals surface area contributed by atoms with Crippen LogP contribution in [0.5, 0.6) is 5.75 Å². The van der Waals surface area contributed by atoms with Gasteiger partial charge >= 0.3 is 0 Å². The number of rotatable bonds is 4. The number of carbonyl (C=O) groups excluding carboxylic acids is 1. The summed E-state index contributed by atoms with van der Waals surface area (Å²) < 4.78 is 5.35. The maximum Gasteiger partial charge on any atom is 0.234 e. The summed E-state index contributed by atoms with van der Waals surface area (Å²) in [6.45, 7) is 4.64. The minimum Gasteiger partial charge on any atom is -0.496 e. The number of benzene rings is 1. The van der Waals surface area contributed by atoms with E-state index in [4.69, 9.17) is 10.5 Å². The SMILES string of the molecule is COc1ccc(C)cc1C(N)CN1CCNC(=O)C1.